The van der Waals surface area contributed by atoms with Crippen LogP contribution in [0.4, 0.5) is 11.5 Å². The van der Waals surface area contributed by atoms with Crippen molar-refractivity contribution in [2.75, 3.05) is 24.3 Å². The summed E-state index contributed by atoms with van der Waals surface area (Å²) in [5.74, 6) is -1.13. The number of benzene rings is 2. The highest BCUT2D eigenvalue weighted by Gasteiger charge is 2.17. The van der Waals surface area contributed by atoms with E-state index in [9.17, 15) is 14.4 Å². The molecule has 0 radical (unpaired) electrons. The van der Waals surface area contributed by atoms with Gasteiger partial charge in [-0.15, -0.1) is 0 Å². The van der Waals surface area contributed by atoms with Gasteiger partial charge >= 0.3 is 11.9 Å². The average Bonchev–Trinajstić information content (AvgIpc) is 3.16. The molecule has 31 heavy (non-hydrogen) atoms. The zero-order valence-corrected chi connectivity index (χ0v) is 17.1. The van der Waals surface area contributed by atoms with Crippen molar-refractivity contribution in [2.24, 2.45) is 0 Å². The first-order chi connectivity index (χ1) is 14.9. The van der Waals surface area contributed by atoms with E-state index in [-0.39, 0.29) is 23.9 Å². The van der Waals surface area contributed by atoms with Crippen LogP contribution in [0, 0.1) is 0 Å². The molecule has 0 atom stereocenters. The van der Waals surface area contributed by atoms with Gasteiger partial charge in [-0.25, -0.2) is 14.3 Å². The number of esters is 2. The monoisotopic (exact) mass is 422 g/mol. The minimum atomic E-state index is -0.545. The van der Waals surface area contributed by atoms with E-state index in [1.165, 1.54) is 10.9 Å². The van der Waals surface area contributed by atoms with Gasteiger partial charge in [-0.05, 0) is 62.4 Å². The van der Waals surface area contributed by atoms with Crippen LogP contribution in [-0.4, -0.2) is 40.8 Å². The number of carbonyl (C=O) groups excluding carboxylic acids is 3. The van der Waals surface area contributed by atoms with Gasteiger partial charge in [-0.2, -0.15) is 5.10 Å². The van der Waals surface area contributed by atoms with Crippen molar-refractivity contribution in [3.05, 3.63) is 71.4 Å². The molecule has 0 fully saturated rings. The number of nitrogens with two attached hydrogens (primary N) is 1. The quantitative estimate of drug-likeness (QED) is 0.561. The van der Waals surface area contributed by atoms with Crippen molar-refractivity contribution in [3.63, 3.8) is 0 Å². The van der Waals surface area contributed by atoms with Crippen LogP contribution in [-0.2, 0) is 9.47 Å². The van der Waals surface area contributed by atoms with Gasteiger partial charge in [0.15, 0.2) is 0 Å². The summed E-state index contributed by atoms with van der Waals surface area (Å²) in [4.78, 5) is 36.1. The summed E-state index contributed by atoms with van der Waals surface area (Å²) in [6.07, 6.45) is 1.34. The SMILES string of the molecule is CCOC(=O)c1ccc(NC(=O)c2ccc(-n3ncc(C(=O)OCC)c3N)cc2)cc1. The third-order valence-corrected chi connectivity index (χ3v) is 4.33. The topological polar surface area (TPSA) is 126 Å². The Morgan fingerprint density at radius 2 is 1.48 bits per heavy atom. The van der Waals surface area contributed by atoms with Crippen molar-refractivity contribution in [2.45, 2.75) is 13.8 Å². The first-order valence-corrected chi connectivity index (χ1v) is 9.64. The second-order valence-corrected chi connectivity index (χ2v) is 6.37. The Hall–Kier alpha value is -4.14. The highest BCUT2D eigenvalue weighted by atomic mass is 16.5. The Labute approximate surface area is 178 Å². The van der Waals surface area contributed by atoms with Crippen molar-refractivity contribution >= 4 is 29.4 Å². The smallest absolute Gasteiger partial charge is 0.343 e. The molecule has 0 saturated carbocycles. The number of nitrogens with one attached hydrogen (secondary N) is 1. The van der Waals surface area contributed by atoms with Crippen LogP contribution in [0.15, 0.2) is 54.7 Å². The number of ether oxygens (including phenoxy) is 2. The molecule has 1 heterocycles. The number of nitrogens with zero attached hydrogens (tertiary/aromatic N) is 2. The number of hydrogen-bond acceptors (Lipinski definition) is 7. The third kappa shape index (κ3) is 4.89. The molecule has 3 N–H and O–H groups in total. The molecule has 0 aliphatic rings. The molecule has 0 bridgehead atoms. The maximum Gasteiger partial charge on any atom is 0.343 e. The summed E-state index contributed by atoms with van der Waals surface area (Å²) < 4.78 is 11.3. The summed E-state index contributed by atoms with van der Waals surface area (Å²) in [6, 6.07) is 13.0. The van der Waals surface area contributed by atoms with Gasteiger partial charge in [0.25, 0.3) is 5.91 Å². The molecule has 3 rings (SSSR count). The van der Waals surface area contributed by atoms with E-state index in [0.29, 0.717) is 29.1 Å². The van der Waals surface area contributed by atoms with Crippen LogP contribution < -0.4 is 11.1 Å². The first kappa shape index (κ1) is 21.6. The first-order valence-electron chi connectivity index (χ1n) is 9.64. The normalized spacial score (nSPS) is 10.4. The summed E-state index contributed by atoms with van der Waals surface area (Å²) in [6.45, 7) is 3.97. The molecule has 2 aromatic carbocycles. The Kier molecular flexibility index (Phi) is 6.66. The Bertz CT molecular complexity index is 1090. The van der Waals surface area contributed by atoms with Crippen LogP contribution in [0.25, 0.3) is 5.69 Å². The molecule has 0 spiro atoms. The largest absolute Gasteiger partial charge is 0.462 e. The fraction of sp³-hybridized carbons (Fsp3) is 0.182. The number of rotatable bonds is 7. The van der Waals surface area contributed by atoms with Gasteiger partial charge in [0.2, 0.25) is 0 Å². The summed E-state index contributed by atoms with van der Waals surface area (Å²) in [7, 11) is 0. The zero-order valence-electron chi connectivity index (χ0n) is 17.1. The zero-order chi connectivity index (χ0) is 22.4. The van der Waals surface area contributed by atoms with E-state index in [1.54, 1.807) is 62.4 Å². The number of amides is 1. The lowest BCUT2D eigenvalue weighted by Crippen LogP contribution is -2.13. The maximum absolute atomic E-state index is 12.5. The van der Waals surface area contributed by atoms with Crippen molar-refractivity contribution < 1.29 is 23.9 Å². The van der Waals surface area contributed by atoms with E-state index >= 15 is 0 Å². The van der Waals surface area contributed by atoms with Gasteiger partial charge in [0.05, 0.1) is 30.7 Å². The molecule has 9 nitrogen and oxygen atoms in total. The molecular formula is C22H22N4O5. The van der Waals surface area contributed by atoms with Crippen molar-refractivity contribution in [1.29, 1.82) is 0 Å². The second-order valence-electron chi connectivity index (χ2n) is 6.37. The van der Waals surface area contributed by atoms with Gasteiger partial charge < -0.3 is 20.5 Å². The van der Waals surface area contributed by atoms with Crippen LogP contribution in [0.3, 0.4) is 0 Å². The van der Waals surface area contributed by atoms with Gasteiger partial charge in [0, 0.05) is 11.3 Å². The number of anilines is 2. The van der Waals surface area contributed by atoms with Crippen molar-refractivity contribution in [3.8, 4) is 5.69 Å². The van der Waals surface area contributed by atoms with Crippen LogP contribution in [0.2, 0.25) is 0 Å². The predicted molar refractivity (Wildman–Crippen MR) is 114 cm³/mol. The average molecular weight is 422 g/mol. The lowest BCUT2D eigenvalue weighted by atomic mass is 10.1. The fourth-order valence-electron chi connectivity index (χ4n) is 2.79. The standard InChI is InChI=1S/C22H22N4O5/c1-3-30-21(28)15-5-9-16(10-6-15)25-20(27)14-7-11-17(12-8-14)26-19(23)18(13-24-26)22(29)31-4-2/h5-13H,3-4,23H2,1-2H3,(H,25,27). The number of aromatic nitrogens is 2. The molecule has 1 aromatic heterocycles. The van der Waals surface area contributed by atoms with Crippen LogP contribution in [0.5, 0.6) is 0 Å². The lowest BCUT2D eigenvalue weighted by Gasteiger charge is -2.08. The molecule has 9 heteroatoms. The number of hydrogen-bond donors (Lipinski definition) is 2. The van der Waals surface area contributed by atoms with E-state index in [0.717, 1.165) is 0 Å². The van der Waals surface area contributed by atoms with Crippen LogP contribution in [0.1, 0.15) is 44.9 Å². The summed E-state index contributed by atoms with van der Waals surface area (Å²) in [5.41, 5.74) is 8.13. The summed E-state index contributed by atoms with van der Waals surface area (Å²) >= 11 is 0. The third-order valence-electron chi connectivity index (χ3n) is 4.33. The Balaban J connectivity index is 1.70. The van der Waals surface area contributed by atoms with Crippen molar-refractivity contribution in [1.82, 2.24) is 9.78 Å². The predicted octanol–water partition coefficient (Wildman–Crippen LogP) is 3.06. The minimum Gasteiger partial charge on any atom is -0.462 e. The highest BCUT2D eigenvalue weighted by molar-refractivity contribution is 6.04. The molecule has 0 aliphatic carbocycles. The maximum atomic E-state index is 12.5. The number of nitrogen functional groups attached to an aromatic ring is 1. The highest BCUT2D eigenvalue weighted by Crippen LogP contribution is 2.19. The van der Waals surface area contributed by atoms with E-state index in [1.807, 2.05) is 0 Å². The molecule has 160 valence electrons. The molecule has 0 aliphatic heterocycles. The van der Waals surface area contributed by atoms with Gasteiger partial charge in [-0.3, -0.25) is 4.79 Å². The molecule has 3 aromatic rings. The second kappa shape index (κ2) is 9.57. The van der Waals surface area contributed by atoms with Gasteiger partial charge in [-0.1, -0.05) is 0 Å². The summed E-state index contributed by atoms with van der Waals surface area (Å²) in [5, 5.41) is 6.88. The van der Waals surface area contributed by atoms with Gasteiger partial charge in [0.1, 0.15) is 11.4 Å². The lowest BCUT2D eigenvalue weighted by molar-refractivity contribution is 0.0517. The van der Waals surface area contributed by atoms with E-state index in [4.69, 9.17) is 15.2 Å². The Morgan fingerprint density at radius 1 is 0.903 bits per heavy atom. The molecule has 0 unspecified atom stereocenters. The van der Waals surface area contributed by atoms with Crippen LogP contribution >= 0.6 is 0 Å². The fourth-order valence-corrected chi connectivity index (χ4v) is 2.79. The van der Waals surface area contributed by atoms with E-state index < -0.39 is 11.9 Å². The molecule has 0 saturated heterocycles. The molecule has 1 amide bonds. The number of carbonyl (C=O) groups is 3. The molecular weight excluding hydrogens is 400 g/mol. The Morgan fingerprint density at radius 3 is 2.10 bits per heavy atom. The van der Waals surface area contributed by atoms with E-state index in [2.05, 4.69) is 10.4 Å². The minimum absolute atomic E-state index is 0.150.